The number of rotatable bonds is 4. The summed E-state index contributed by atoms with van der Waals surface area (Å²) in [7, 11) is 0. The molecule has 1 saturated heterocycles. The Morgan fingerprint density at radius 3 is 2.32 bits per heavy atom. The molecule has 0 spiro atoms. The van der Waals surface area contributed by atoms with Crippen molar-refractivity contribution in [1.29, 1.82) is 0 Å². The number of anilines is 1. The molecule has 1 aliphatic heterocycles. The molecule has 1 aromatic heterocycles. The molecule has 0 radical (unpaired) electrons. The second-order valence-corrected chi connectivity index (χ2v) is 6.84. The highest BCUT2D eigenvalue weighted by Gasteiger charge is 2.27. The van der Waals surface area contributed by atoms with Crippen LogP contribution in [0.25, 0.3) is 0 Å². The third-order valence-electron chi connectivity index (χ3n) is 4.69. The Hall–Kier alpha value is -1.14. The Labute approximate surface area is 131 Å². The fraction of sp³-hybridized carbons (Fsp3) is 0.875. The maximum absolute atomic E-state index is 9.55. The van der Waals surface area contributed by atoms with E-state index < -0.39 is 0 Å². The van der Waals surface area contributed by atoms with Crippen LogP contribution in [0.15, 0.2) is 4.52 Å². The molecule has 1 saturated carbocycles. The lowest BCUT2D eigenvalue weighted by molar-refractivity contribution is -0.0558. The van der Waals surface area contributed by atoms with Crippen molar-refractivity contribution in [1.82, 2.24) is 10.1 Å². The minimum Gasteiger partial charge on any atom is -0.393 e. The molecule has 2 heterocycles. The molecule has 1 N–H and O–H groups in total. The van der Waals surface area contributed by atoms with Crippen LogP contribution in [0.3, 0.4) is 0 Å². The van der Waals surface area contributed by atoms with E-state index in [1.807, 2.05) is 0 Å². The Morgan fingerprint density at radius 1 is 1.09 bits per heavy atom. The minimum atomic E-state index is -0.116. The van der Waals surface area contributed by atoms with Gasteiger partial charge in [-0.3, -0.25) is 0 Å². The Morgan fingerprint density at radius 2 is 1.73 bits per heavy atom. The van der Waals surface area contributed by atoms with Gasteiger partial charge in [0.25, 0.3) is 0 Å². The average molecular weight is 309 g/mol. The summed E-state index contributed by atoms with van der Waals surface area (Å²) in [6, 6.07) is 0.642. The second kappa shape index (κ2) is 6.96. The minimum absolute atomic E-state index is 0.116. The normalized spacial score (nSPS) is 27.5. The first-order valence-corrected chi connectivity index (χ1v) is 8.54. The monoisotopic (exact) mass is 309 g/mol. The molecule has 6 heteroatoms. The van der Waals surface area contributed by atoms with Crippen LogP contribution in [-0.4, -0.2) is 46.6 Å². The van der Waals surface area contributed by atoms with Gasteiger partial charge in [0.1, 0.15) is 0 Å². The summed E-state index contributed by atoms with van der Waals surface area (Å²) in [6.07, 6.45) is 6.27. The summed E-state index contributed by atoms with van der Waals surface area (Å²) >= 11 is 0. The molecule has 0 atom stereocenters. The van der Waals surface area contributed by atoms with Crippen molar-refractivity contribution in [2.45, 2.75) is 76.6 Å². The van der Waals surface area contributed by atoms with Crippen LogP contribution < -0.4 is 4.90 Å². The molecule has 1 aromatic rings. The lowest BCUT2D eigenvalue weighted by atomic mass is 9.94. The smallest absolute Gasteiger partial charge is 0.324 e. The van der Waals surface area contributed by atoms with Gasteiger partial charge in [-0.25, -0.2) is 0 Å². The standard InChI is InChI=1S/C16H27N3O3/c1-11(2)15-17-16(22-18-15)19-9-7-14(8-10-19)21-13-5-3-12(20)4-6-13/h11-14,20H,3-10H2,1-2H3/t12-,13-. The summed E-state index contributed by atoms with van der Waals surface area (Å²) in [5.74, 6) is 1.06. The maximum Gasteiger partial charge on any atom is 0.324 e. The van der Waals surface area contributed by atoms with Gasteiger partial charge in [-0.2, -0.15) is 4.98 Å². The zero-order valence-corrected chi connectivity index (χ0v) is 13.6. The highest BCUT2D eigenvalue weighted by Crippen LogP contribution is 2.26. The fourth-order valence-electron chi connectivity index (χ4n) is 3.23. The number of aromatic nitrogens is 2. The topological polar surface area (TPSA) is 71.6 Å². The summed E-state index contributed by atoms with van der Waals surface area (Å²) in [5, 5.41) is 13.6. The number of hydrogen-bond acceptors (Lipinski definition) is 6. The van der Waals surface area contributed by atoms with Gasteiger partial charge < -0.3 is 19.3 Å². The summed E-state index contributed by atoms with van der Waals surface area (Å²) in [6.45, 7) is 5.94. The van der Waals surface area contributed by atoms with Gasteiger partial charge >= 0.3 is 6.01 Å². The number of aliphatic hydroxyl groups excluding tert-OH is 1. The van der Waals surface area contributed by atoms with Gasteiger partial charge in [-0.05, 0) is 38.5 Å². The predicted molar refractivity (Wildman–Crippen MR) is 83.0 cm³/mol. The van der Waals surface area contributed by atoms with E-state index in [0.717, 1.165) is 57.4 Å². The lowest BCUT2D eigenvalue weighted by Crippen LogP contribution is -2.39. The second-order valence-electron chi connectivity index (χ2n) is 6.84. The summed E-state index contributed by atoms with van der Waals surface area (Å²) in [4.78, 5) is 6.62. The van der Waals surface area contributed by atoms with E-state index in [2.05, 4.69) is 28.9 Å². The van der Waals surface area contributed by atoms with Crippen molar-refractivity contribution in [3.63, 3.8) is 0 Å². The van der Waals surface area contributed by atoms with E-state index in [4.69, 9.17) is 9.26 Å². The first kappa shape index (κ1) is 15.7. The van der Waals surface area contributed by atoms with Crippen molar-refractivity contribution < 1.29 is 14.4 Å². The van der Waals surface area contributed by atoms with Gasteiger partial charge in [-0.15, -0.1) is 0 Å². The van der Waals surface area contributed by atoms with Gasteiger partial charge in [0.2, 0.25) is 0 Å². The molecular weight excluding hydrogens is 282 g/mol. The highest BCUT2D eigenvalue weighted by molar-refractivity contribution is 5.26. The van der Waals surface area contributed by atoms with Gasteiger partial charge in [0.05, 0.1) is 18.3 Å². The van der Waals surface area contributed by atoms with Crippen molar-refractivity contribution in [3.05, 3.63) is 5.82 Å². The zero-order valence-electron chi connectivity index (χ0n) is 13.6. The summed E-state index contributed by atoms with van der Waals surface area (Å²) < 4.78 is 11.6. The van der Waals surface area contributed by atoms with Crippen molar-refractivity contribution in [3.8, 4) is 0 Å². The van der Waals surface area contributed by atoms with Crippen LogP contribution in [0.1, 0.15) is 64.1 Å². The van der Waals surface area contributed by atoms with Crippen molar-refractivity contribution in [2.75, 3.05) is 18.0 Å². The van der Waals surface area contributed by atoms with E-state index in [0.29, 0.717) is 24.1 Å². The number of hydrogen-bond donors (Lipinski definition) is 1. The van der Waals surface area contributed by atoms with Gasteiger partial charge in [0.15, 0.2) is 5.82 Å². The number of piperidine rings is 1. The Bertz CT molecular complexity index is 461. The van der Waals surface area contributed by atoms with Crippen molar-refractivity contribution in [2.24, 2.45) is 0 Å². The van der Waals surface area contributed by atoms with Crippen LogP contribution in [0, 0.1) is 0 Å². The number of aliphatic hydroxyl groups is 1. The van der Waals surface area contributed by atoms with Crippen LogP contribution in [-0.2, 0) is 4.74 Å². The number of nitrogens with zero attached hydrogens (tertiary/aromatic N) is 3. The molecule has 124 valence electrons. The maximum atomic E-state index is 9.55. The lowest BCUT2D eigenvalue weighted by Gasteiger charge is -2.34. The molecule has 2 aliphatic rings. The molecule has 0 bridgehead atoms. The Kier molecular flexibility index (Phi) is 4.98. The van der Waals surface area contributed by atoms with Gasteiger partial charge in [-0.1, -0.05) is 19.0 Å². The molecule has 6 nitrogen and oxygen atoms in total. The molecule has 0 amide bonds. The van der Waals surface area contributed by atoms with E-state index >= 15 is 0 Å². The molecule has 0 unspecified atom stereocenters. The van der Waals surface area contributed by atoms with E-state index in [1.165, 1.54) is 0 Å². The third kappa shape index (κ3) is 3.79. The SMILES string of the molecule is CC(C)c1noc(N2CCC(O[C@H]3CC[C@H](O)CC3)CC2)n1. The quantitative estimate of drug-likeness (QED) is 0.921. The van der Waals surface area contributed by atoms with Crippen LogP contribution in [0.4, 0.5) is 6.01 Å². The largest absolute Gasteiger partial charge is 0.393 e. The molecule has 1 aliphatic carbocycles. The van der Waals surface area contributed by atoms with Crippen LogP contribution >= 0.6 is 0 Å². The van der Waals surface area contributed by atoms with Crippen molar-refractivity contribution >= 4 is 6.01 Å². The average Bonchev–Trinajstić information content (AvgIpc) is 3.00. The summed E-state index contributed by atoms with van der Waals surface area (Å²) in [5.41, 5.74) is 0. The Balaban J connectivity index is 1.45. The fourth-order valence-corrected chi connectivity index (χ4v) is 3.23. The predicted octanol–water partition coefficient (Wildman–Crippen LogP) is 2.48. The van der Waals surface area contributed by atoms with E-state index in [1.54, 1.807) is 0 Å². The third-order valence-corrected chi connectivity index (χ3v) is 4.69. The van der Waals surface area contributed by atoms with Crippen LogP contribution in [0.5, 0.6) is 0 Å². The highest BCUT2D eigenvalue weighted by atomic mass is 16.5. The molecular formula is C16H27N3O3. The van der Waals surface area contributed by atoms with Gasteiger partial charge in [0, 0.05) is 19.0 Å². The molecule has 2 fully saturated rings. The molecule has 22 heavy (non-hydrogen) atoms. The number of ether oxygens (including phenoxy) is 1. The first-order chi connectivity index (χ1) is 10.6. The van der Waals surface area contributed by atoms with E-state index in [-0.39, 0.29) is 6.10 Å². The van der Waals surface area contributed by atoms with E-state index in [9.17, 15) is 5.11 Å². The molecule has 0 aromatic carbocycles. The molecule has 3 rings (SSSR count). The van der Waals surface area contributed by atoms with Crippen LogP contribution in [0.2, 0.25) is 0 Å². The zero-order chi connectivity index (χ0) is 15.5. The first-order valence-electron chi connectivity index (χ1n) is 8.54.